The van der Waals surface area contributed by atoms with Crippen molar-refractivity contribution < 1.29 is 31.0 Å². The van der Waals surface area contributed by atoms with E-state index in [0.29, 0.717) is 11.8 Å². The molecular weight excluding hydrogens is 423 g/mol. The average molecular weight is 435 g/mol. The first kappa shape index (κ1) is 21.1. The summed E-state index contributed by atoms with van der Waals surface area (Å²) < 4.78 is 75.9. The molecule has 1 aromatic rings. The van der Waals surface area contributed by atoms with Crippen molar-refractivity contribution >= 4 is 50.9 Å². The molecule has 1 aromatic carbocycles. The minimum Gasteiger partial charge on any atom is -0.281 e. The van der Waals surface area contributed by atoms with E-state index in [-0.39, 0.29) is 26.5 Å². The number of halogens is 6. The van der Waals surface area contributed by atoms with Crippen molar-refractivity contribution in [2.75, 3.05) is 18.1 Å². The Kier molecular flexibility index (Phi) is 6.34. The quantitative estimate of drug-likeness (QED) is 0.652. The highest BCUT2D eigenvalue weighted by molar-refractivity contribution is 8.15. The molecule has 1 fully saturated rings. The van der Waals surface area contributed by atoms with Gasteiger partial charge in [0.25, 0.3) is 5.92 Å². The number of amides is 1. The molecule has 0 bridgehead atoms. The van der Waals surface area contributed by atoms with Crippen molar-refractivity contribution in [3.8, 4) is 0 Å². The van der Waals surface area contributed by atoms with E-state index < -0.39 is 41.1 Å². The fourth-order valence-electron chi connectivity index (χ4n) is 1.97. The van der Waals surface area contributed by atoms with Gasteiger partial charge in [-0.2, -0.15) is 13.2 Å². The van der Waals surface area contributed by atoms with Crippen LogP contribution in [0.15, 0.2) is 28.1 Å². The summed E-state index contributed by atoms with van der Waals surface area (Å²) in [6.45, 7) is -0.870. The van der Waals surface area contributed by atoms with E-state index in [1.807, 2.05) is 0 Å². The molecule has 0 aromatic heterocycles. The molecule has 0 aliphatic carbocycles. The number of carbonyl (C=O) groups excluding carboxylic acids is 1. The van der Waals surface area contributed by atoms with Crippen LogP contribution in [0.2, 0.25) is 5.02 Å². The number of hydrogen-bond acceptors (Lipinski definition) is 4. The molecular formula is C14H12ClF5N2O2S2. The standard InChI is InChI=1S/C14H12ClF5N2O2S2/c1-13(16,17)7-26(24)10-4-8(2-3-9(10)15)21-12-22(6-14(18,19)20)11(23)5-25-12/h2-4H,5-7H2,1H3. The van der Waals surface area contributed by atoms with Crippen molar-refractivity contribution in [3.63, 3.8) is 0 Å². The second-order valence-electron chi connectivity index (χ2n) is 5.45. The number of alkyl halides is 5. The summed E-state index contributed by atoms with van der Waals surface area (Å²) in [5, 5.41) is -0.203. The van der Waals surface area contributed by atoms with Gasteiger partial charge in [-0.15, -0.1) is 0 Å². The van der Waals surface area contributed by atoms with Crippen LogP contribution in [0.4, 0.5) is 27.6 Å². The van der Waals surface area contributed by atoms with E-state index in [0.717, 1.165) is 17.8 Å². The summed E-state index contributed by atoms with van der Waals surface area (Å²) in [6, 6.07) is 3.75. The smallest absolute Gasteiger partial charge is 0.281 e. The maximum Gasteiger partial charge on any atom is 0.406 e. The number of benzene rings is 1. The molecule has 1 amide bonds. The van der Waals surface area contributed by atoms with Crippen LogP contribution in [0.25, 0.3) is 0 Å². The number of rotatable bonds is 5. The van der Waals surface area contributed by atoms with E-state index in [1.54, 1.807) is 0 Å². The summed E-state index contributed by atoms with van der Waals surface area (Å²) in [5.74, 6) is -5.08. The lowest BCUT2D eigenvalue weighted by atomic mass is 10.3. The molecule has 1 heterocycles. The van der Waals surface area contributed by atoms with Crippen LogP contribution in [-0.4, -0.2) is 50.3 Å². The van der Waals surface area contributed by atoms with Crippen molar-refractivity contribution in [3.05, 3.63) is 23.2 Å². The highest BCUT2D eigenvalue weighted by Gasteiger charge is 2.38. The normalized spacial score (nSPS) is 18.7. The molecule has 0 saturated carbocycles. The topological polar surface area (TPSA) is 49.7 Å². The maximum absolute atomic E-state index is 13.1. The molecule has 1 saturated heterocycles. The van der Waals surface area contributed by atoms with Crippen molar-refractivity contribution in [2.45, 2.75) is 23.9 Å². The predicted octanol–water partition coefficient (Wildman–Crippen LogP) is 4.23. The second kappa shape index (κ2) is 7.81. The number of hydrogen-bond donors (Lipinski definition) is 0. The van der Waals surface area contributed by atoms with Crippen LogP contribution in [-0.2, 0) is 15.6 Å². The minimum absolute atomic E-state index is 0.0289. The van der Waals surface area contributed by atoms with Gasteiger partial charge in [-0.3, -0.25) is 13.9 Å². The molecule has 1 aliphatic rings. The number of carbonyl (C=O) groups is 1. The van der Waals surface area contributed by atoms with Gasteiger partial charge in [-0.25, -0.2) is 13.8 Å². The van der Waals surface area contributed by atoms with Gasteiger partial charge in [0.15, 0.2) is 5.17 Å². The SMILES string of the molecule is CC(F)(F)CS(=O)c1cc(N=C2SCC(=O)N2CC(F)(F)F)ccc1Cl. The van der Waals surface area contributed by atoms with Crippen molar-refractivity contribution in [2.24, 2.45) is 4.99 Å². The summed E-state index contributed by atoms with van der Waals surface area (Å²) in [5.41, 5.74) is 0.0570. The van der Waals surface area contributed by atoms with Crippen molar-refractivity contribution in [1.29, 1.82) is 0 Å². The molecule has 1 atom stereocenters. The molecule has 26 heavy (non-hydrogen) atoms. The molecule has 12 heteroatoms. The first-order valence-corrected chi connectivity index (χ1v) is 9.68. The summed E-state index contributed by atoms with van der Waals surface area (Å²) >= 11 is 6.69. The summed E-state index contributed by atoms with van der Waals surface area (Å²) in [7, 11) is -2.13. The maximum atomic E-state index is 13.1. The number of nitrogens with zero attached hydrogens (tertiary/aromatic N) is 2. The van der Waals surface area contributed by atoms with E-state index in [2.05, 4.69) is 4.99 Å². The van der Waals surface area contributed by atoms with Gasteiger partial charge >= 0.3 is 6.18 Å². The zero-order valence-electron chi connectivity index (χ0n) is 13.1. The molecule has 2 rings (SSSR count). The van der Waals surface area contributed by atoms with Gasteiger partial charge in [0.1, 0.15) is 6.54 Å². The van der Waals surface area contributed by atoms with Crippen LogP contribution < -0.4 is 0 Å². The van der Waals surface area contributed by atoms with Gasteiger partial charge in [0.05, 0.1) is 37.9 Å². The van der Waals surface area contributed by atoms with Crippen LogP contribution >= 0.6 is 23.4 Å². The molecule has 0 spiro atoms. The fraction of sp³-hybridized carbons (Fsp3) is 0.429. The first-order chi connectivity index (χ1) is 11.9. The Balaban J connectivity index is 2.31. The van der Waals surface area contributed by atoms with Crippen LogP contribution in [0.1, 0.15) is 6.92 Å². The van der Waals surface area contributed by atoms with Gasteiger partial charge in [0.2, 0.25) is 5.91 Å². The average Bonchev–Trinajstić information content (AvgIpc) is 2.78. The van der Waals surface area contributed by atoms with E-state index >= 15 is 0 Å². The van der Waals surface area contributed by atoms with E-state index in [9.17, 15) is 31.0 Å². The van der Waals surface area contributed by atoms with Gasteiger partial charge in [0, 0.05) is 6.92 Å². The Hall–Kier alpha value is -1.20. The Morgan fingerprint density at radius 2 is 1.96 bits per heavy atom. The lowest BCUT2D eigenvalue weighted by Gasteiger charge is -2.18. The number of aliphatic imine (C=N–C) groups is 1. The third-order valence-corrected chi connectivity index (χ3v) is 5.96. The summed E-state index contributed by atoms with van der Waals surface area (Å²) in [4.78, 5) is 16.0. The molecule has 1 unspecified atom stereocenters. The summed E-state index contributed by atoms with van der Waals surface area (Å²) in [6.07, 6.45) is -4.60. The van der Waals surface area contributed by atoms with Gasteiger partial charge < -0.3 is 0 Å². The Labute approximate surface area is 157 Å². The highest BCUT2D eigenvalue weighted by atomic mass is 35.5. The zero-order chi connectivity index (χ0) is 19.7. The molecule has 0 N–H and O–H groups in total. The van der Waals surface area contributed by atoms with Crippen LogP contribution in [0.3, 0.4) is 0 Å². The third-order valence-electron chi connectivity index (χ3n) is 2.96. The van der Waals surface area contributed by atoms with Crippen molar-refractivity contribution in [1.82, 2.24) is 4.90 Å². The second-order valence-corrected chi connectivity index (χ2v) is 8.22. The Bertz CT molecular complexity index is 765. The van der Waals surface area contributed by atoms with Gasteiger partial charge in [-0.05, 0) is 18.2 Å². The molecule has 144 valence electrons. The van der Waals surface area contributed by atoms with E-state index in [4.69, 9.17) is 11.6 Å². The molecule has 0 radical (unpaired) electrons. The number of thioether (sulfide) groups is 1. The Morgan fingerprint density at radius 1 is 1.31 bits per heavy atom. The van der Waals surface area contributed by atoms with E-state index in [1.165, 1.54) is 12.1 Å². The molecule has 4 nitrogen and oxygen atoms in total. The zero-order valence-corrected chi connectivity index (χ0v) is 15.5. The Morgan fingerprint density at radius 3 is 2.54 bits per heavy atom. The van der Waals surface area contributed by atoms with Crippen LogP contribution in [0.5, 0.6) is 0 Å². The largest absolute Gasteiger partial charge is 0.406 e. The first-order valence-electron chi connectivity index (χ1n) is 7.00. The highest BCUT2D eigenvalue weighted by Crippen LogP contribution is 2.31. The van der Waals surface area contributed by atoms with Crippen LogP contribution in [0, 0.1) is 0 Å². The number of amidine groups is 1. The molecule has 1 aliphatic heterocycles. The third kappa shape index (κ3) is 5.92. The monoisotopic (exact) mass is 434 g/mol. The minimum atomic E-state index is -4.60. The fourth-order valence-corrected chi connectivity index (χ4v) is 4.40. The predicted molar refractivity (Wildman–Crippen MR) is 90.7 cm³/mol. The van der Waals surface area contributed by atoms with Gasteiger partial charge in [-0.1, -0.05) is 23.4 Å². The lowest BCUT2D eigenvalue weighted by molar-refractivity contribution is -0.150. The lowest BCUT2D eigenvalue weighted by Crippen LogP contribution is -2.38.